The predicted molar refractivity (Wildman–Crippen MR) is 111 cm³/mol. The summed E-state index contributed by atoms with van der Waals surface area (Å²) in [4.78, 5) is 52.2. The van der Waals surface area contributed by atoms with Crippen molar-refractivity contribution in [2.75, 3.05) is 19.6 Å². The molecule has 0 radical (unpaired) electrons. The van der Waals surface area contributed by atoms with E-state index in [2.05, 4.69) is 20.8 Å². The number of carbonyl (C=O) groups is 4. The van der Waals surface area contributed by atoms with E-state index in [0.29, 0.717) is 18.8 Å². The monoisotopic (exact) mass is 430 g/mol. The summed E-state index contributed by atoms with van der Waals surface area (Å²) >= 11 is 0. The standard InChI is InChI=1S/C21H30N6O4/c28-18-8-10-22-21(31)27(18)12-9-19(29)26-11-4-3-7-17(26)15-13-16(25-24-15)20(30)23-14-5-1-2-6-14/h13-14,17H,1-12H2,(H,22,31)(H,23,30)(H,24,25). The van der Waals surface area contributed by atoms with E-state index in [0.717, 1.165) is 55.5 Å². The Labute approximate surface area is 181 Å². The number of hydrogen-bond acceptors (Lipinski definition) is 5. The van der Waals surface area contributed by atoms with Crippen LogP contribution in [0.25, 0.3) is 0 Å². The molecule has 1 aromatic heterocycles. The first-order valence-corrected chi connectivity index (χ1v) is 11.3. The maximum absolute atomic E-state index is 13.0. The Kier molecular flexibility index (Phi) is 6.53. The Morgan fingerprint density at radius 3 is 2.68 bits per heavy atom. The Morgan fingerprint density at radius 1 is 1.13 bits per heavy atom. The smallest absolute Gasteiger partial charge is 0.324 e. The molecule has 1 unspecified atom stereocenters. The average Bonchev–Trinajstić information content (AvgIpc) is 3.45. The lowest BCUT2D eigenvalue weighted by Gasteiger charge is -2.35. The number of H-pyrrole nitrogens is 1. The zero-order chi connectivity index (χ0) is 21.8. The van der Waals surface area contributed by atoms with Gasteiger partial charge >= 0.3 is 6.03 Å². The topological polar surface area (TPSA) is 127 Å². The minimum Gasteiger partial charge on any atom is -0.348 e. The molecule has 168 valence electrons. The van der Waals surface area contributed by atoms with E-state index in [4.69, 9.17) is 0 Å². The molecule has 31 heavy (non-hydrogen) atoms. The molecule has 0 spiro atoms. The van der Waals surface area contributed by atoms with Gasteiger partial charge in [0.25, 0.3) is 5.91 Å². The molecule has 10 heteroatoms. The Morgan fingerprint density at radius 2 is 1.90 bits per heavy atom. The molecule has 10 nitrogen and oxygen atoms in total. The van der Waals surface area contributed by atoms with Crippen LogP contribution in [0.1, 0.15) is 80.0 Å². The number of aromatic nitrogens is 2. The summed E-state index contributed by atoms with van der Waals surface area (Å²) in [6, 6.07) is 1.33. The van der Waals surface area contributed by atoms with Crippen molar-refractivity contribution in [3.63, 3.8) is 0 Å². The lowest BCUT2D eigenvalue weighted by atomic mass is 9.98. The summed E-state index contributed by atoms with van der Waals surface area (Å²) < 4.78 is 0. The van der Waals surface area contributed by atoms with Crippen LogP contribution < -0.4 is 10.6 Å². The number of urea groups is 1. The van der Waals surface area contributed by atoms with Crippen LogP contribution in [-0.4, -0.2) is 69.4 Å². The summed E-state index contributed by atoms with van der Waals surface area (Å²) in [6.07, 6.45) is 7.28. The van der Waals surface area contributed by atoms with Crippen molar-refractivity contribution in [1.29, 1.82) is 0 Å². The molecule has 0 aromatic carbocycles. The van der Waals surface area contributed by atoms with Gasteiger partial charge in [-0.15, -0.1) is 0 Å². The van der Waals surface area contributed by atoms with E-state index >= 15 is 0 Å². The maximum atomic E-state index is 13.0. The minimum atomic E-state index is -0.439. The number of likely N-dealkylation sites (tertiary alicyclic amines) is 1. The highest BCUT2D eigenvalue weighted by Crippen LogP contribution is 2.31. The molecule has 0 bridgehead atoms. The maximum Gasteiger partial charge on any atom is 0.324 e. The van der Waals surface area contributed by atoms with E-state index in [9.17, 15) is 19.2 Å². The molecule has 3 heterocycles. The van der Waals surface area contributed by atoms with Gasteiger partial charge in [-0.2, -0.15) is 5.10 Å². The number of amides is 5. The van der Waals surface area contributed by atoms with Crippen LogP contribution in [0.2, 0.25) is 0 Å². The van der Waals surface area contributed by atoms with Crippen molar-refractivity contribution < 1.29 is 19.2 Å². The molecule has 1 aromatic rings. The first-order valence-electron chi connectivity index (χ1n) is 11.3. The first kappa shape index (κ1) is 21.3. The number of rotatable bonds is 6. The SMILES string of the molecule is O=C(NC1CCCC1)c1cc(C2CCCCN2C(=O)CCN2C(=O)CCNC2=O)[nH]n1. The van der Waals surface area contributed by atoms with Crippen LogP contribution in [0.3, 0.4) is 0 Å². The Bertz CT molecular complexity index is 831. The van der Waals surface area contributed by atoms with Crippen molar-refractivity contribution in [3.05, 3.63) is 17.5 Å². The molecule has 2 saturated heterocycles. The number of piperidine rings is 1. The Balaban J connectivity index is 1.38. The molecule has 3 aliphatic rings. The van der Waals surface area contributed by atoms with Crippen LogP contribution in [0.15, 0.2) is 6.07 Å². The minimum absolute atomic E-state index is 0.0741. The third-order valence-electron chi connectivity index (χ3n) is 6.41. The van der Waals surface area contributed by atoms with Gasteiger partial charge in [-0.25, -0.2) is 4.79 Å². The van der Waals surface area contributed by atoms with E-state index in [1.807, 2.05) is 0 Å². The number of carbonyl (C=O) groups excluding carboxylic acids is 4. The molecular formula is C21H30N6O4. The number of nitrogens with zero attached hydrogens (tertiary/aromatic N) is 3. The zero-order valence-electron chi connectivity index (χ0n) is 17.7. The molecule has 2 aliphatic heterocycles. The number of imide groups is 1. The normalized spacial score (nSPS) is 22.5. The molecule has 4 rings (SSSR count). The second kappa shape index (κ2) is 9.49. The predicted octanol–water partition coefficient (Wildman–Crippen LogP) is 1.47. The summed E-state index contributed by atoms with van der Waals surface area (Å²) in [5.74, 6) is -0.543. The van der Waals surface area contributed by atoms with Crippen molar-refractivity contribution in [1.82, 2.24) is 30.6 Å². The van der Waals surface area contributed by atoms with Gasteiger partial charge in [0.05, 0.1) is 11.7 Å². The molecule has 1 atom stereocenters. The summed E-state index contributed by atoms with van der Waals surface area (Å²) in [5, 5.41) is 12.8. The van der Waals surface area contributed by atoms with Gasteiger partial charge in [0, 0.05) is 38.5 Å². The summed E-state index contributed by atoms with van der Waals surface area (Å²) in [5.41, 5.74) is 1.09. The second-order valence-corrected chi connectivity index (χ2v) is 8.54. The molecule has 5 amide bonds. The van der Waals surface area contributed by atoms with E-state index in [-0.39, 0.29) is 49.2 Å². The lowest BCUT2D eigenvalue weighted by Crippen LogP contribution is -2.51. The Hall–Kier alpha value is -2.91. The zero-order valence-corrected chi connectivity index (χ0v) is 17.7. The number of nitrogens with one attached hydrogen (secondary N) is 3. The van der Waals surface area contributed by atoms with Gasteiger partial charge in [-0.1, -0.05) is 12.8 Å². The van der Waals surface area contributed by atoms with Crippen molar-refractivity contribution in [2.45, 2.75) is 69.9 Å². The van der Waals surface area contributed by atoms with Crippen LogP contribution in [0.5, 0.6) is 0 Å². The van der Waals surface area contributed by atoms with Crippen LogP contribution in [0.4, 0.5) is 4.79 Å². The summed E-state index contributed by atoms with van der Waals surface area (Å²) in [7, 11) is 0. The van der Waals surface area contributed by atoms with Gasteiger partial charge < -0.3 is 15.5 Å². The number of aromatic amines is 1. The lowest BCUT2D eigenvalue weighted by molar-refractivity contribution is -0.136. The van der Waals surface area contributed by atoms with E-state index in [1.165, 1.54) is 0 Å². The van der Waals surface area contributed by atoms with Crippen LogP contribution >= 0.6 is 0 Å². The molecule has 3 fully saturated rings. The van der Waals surface area contributed by atoms with Gasteiger partial charge in [0.15, 0.2) is 0 Å². The highest BCUT2D eigenvalue weighted by atomic mass is 16.2. The van der Waals surface area contributed by atoms with Gasteiger partial charge in [0.2, 0.25) is 11.8 Å². The van der Waals surface area contributed by atoms with Gasteiger partial charge in [-0.3, -0.25) is 24.4 Å². The first-order chi connectivity index (χ1) is 15.0. The molecular weight excluding hydrogens is 400 g/mol. The fourth-order valence-corrected chi connectivity index (χ4v) is 4.70. The molecule has 3 N–H and O–H groups in total. The van der Waals surface area contributed by atoms with Crippen molar-refractivity contribution >= 4 is 23.8 Å². The van der Waals surface area contributed by atoms with Crippen LogP contribution in [0, 0.1) is 0 Å². The average molecular weight is 431 g/mol. The van der Waals surface area contributed by atoms with Crippen molar-refractivity contribution in [2.24, 2.45) is 0 Å². The molecule has 1 aliphatic carbocycles. The summed E-state index contributed by atoms with van der Waals surface area (Å²) in [6.45, 7) is 1.02. The van der Waals surface area contributed by atoms with Crippen molar-refractivity contribution in [3.8, 4) is 0 Å². The number of hydrogen-bond donors (Lipinski definition) is 3. The quantitative estimate of drug-likeness (QED) is 0.630. The fourth-order valence-electron chi connectivity index (χ4n) is 4.70. The highest BCUT2D eigenvalue weighted by Gasteiger charge is 2.32. The van der Waals surface area contributed by atoms with Gasteiger partial charge in [0.1, 0.15) is 5.69 Å². The largest absolute Gasteiger partial charge is 0.348 e. The van der Waals surface area contributed by atoms with Gasteiger partial charge in [-0.05, 0) is 38.2 Å². The molecule has 1 saturated carbocycles. The van der Waals surface area contributed by atoms with Crippen LogP contribution in [-0.2, 0) is 9.59 Å². The highest BCUT2D eigenvalue weighted by molar-refractivity contribution is 5.97. The third kappa shape index (κ3) is 4.88. The second-order valence-electron chi connectivity index (χ2n) is 8.54. The fraction of sp³-hybridized carbons (Fsp3) is 0.667. The third-order valence-corrected chi connectivity index (χ3v) is 6.41. The van der Waals surface area contributed by atoms with E-state index < -0.39 is 6.03 Å². The van der Waals surface area contributed by atoms with E-state index in [1.54, 1.807) is 11.0 Å².